The van der Waals surface area contributed by atoms with Crippen molar-refractivity contribution in [2.24, 2.45) is 0 Å². The number of methoxy groups -OCH3 is 2. The van der Waals surface area contributed by atoms with Gasteiger partial charge in [-0.05, 0) is 53.9 Å². The third-order valence-electron chi connectivity index (χ3n) is 4.59. The van der Waals surface area contributed by atoms with E-state index in [2.05, 4.69) is 17.4 Å². The van der Waals surface area contributed by atoms with Crippen molar-refractivity contribution in [1.82, 2.24) is 5.32 Å². The summed E-state index contributed by atoms with van der Waals surface area (Å²) in [5.74, 6) is 2.08. The molecule has 0 aliphatic rings. The van der Waals surface area contributed by atoms with Gasteiger partial charge in [-0.3, -0.25) is 0 Å². The van der Waals surface area contributed by atoms with Crippen molar-refractivity contribution >= 4 is 11.6 Å². The summed E-state index contributed by atoms with van der Waals surface area (Å²) in [5.41, 5.74) is 3.39. The van der Waals surface area contributed by atoms with E-state index in [0.29, 0.717) is 29.7 Å². The first-order valence-corrected chi connectivity index (χ1v) is 9.94. The number of halogens is 1. The molecule has 3 aromatic carbocycles. The largest absolute Gasteiger partial charge is 0.497 e. The fraction of sp³-hybridized carbons (Fsp3) is 0.250. The Bertz CT molecular complexity index is 898. The molecule has 1 N–H and O–H groups in total. The summed E-state index contributed by atoms with van der Waals surface area (Å²) in [6, 6.07) is 22.0. The predicted octanol–water partition coefficient (Wildman–Crippen LogP) is 5.27. The van der Waals surface area contributed by atoms with Gasteiger partial charge in [0.05, 0.1) is 19.2 Å². The van der Waals surface area contributed by atoms with Gasteiger partial charge in [0.25, 0.3) is 0 Å². The molecule has 3 rings (SSSR count). The van der Waals surface area contributed by atoms with Crippen LogP contribution in [-0.4, -0.2) is 20.8 Å². The van der Waals surface area contributed by atoms with E-state index in [1.165, 1.54) is 5.56 Å². The average molecular weight is 412 g/mol. The molecule has 5 heteroatoms. The van der Waals surface area contributed by atoms with E-state index in [1.807, 2.05) is 54.6 Å². The molecule has 0 saturated carbocycles. The average Bonchev–Trinajstić information content (AvgIpc) is 2.76. The maximum absolute atomic E-state index is 6.47. The highest BCUT2D eigenvalue weighted by Gasteiger charge is 2.12. The Morgan fingerprint density at radius 2 is 1.59 bits per heavy atom. The summed E-state index contributed by atoms with van der Waals surface area (Å²) < 4.78 is 16.6. The first kappa shape index (κ1) is 21.0. The lowest BCUT2D eigenvalue weighted by Gasteiger charge is -2.15. The number of ether oxygens (including phenoxy) is 3. The molecule has 3 aromatic rings. The van der Waals surface area contributed by atoms with Gasteiger partial charge in [0, 0.05) is 6.54 Å². The van der Waals surface area contributed by atoms with E-state index in [-0.39, 0.29) is 0 Å². The molecule has 0 bridgehead atoms. The van der Waals surface area contributed by atoms with Crippen LogP contribution in [0, 0.1) is 0 Å². The van der Waals surface area contributed by atoms with Crippen molar-refractivity contribution in [1.29, 1.82) is 0 Å². The molecule has 0 spiro atoms. The van der Waals surface area contributed by atoms with E-state index < -0.39 is 0 Å². The second-order valence-electron chi connectivity index (χ2n) is 6.66. The summed E-state index contributed by atoms with van der Waals surface area (Å²) in [4.78, 5) is 0. The Labute approximate surface area is 177 Å². The Hall–Kier alpha value is -2.69. The maximum Gasteiger partial charge on any atom is 0.180 e. The summed E-state index contributed by atoms with van der Waals surface area (Å²) in [5, 5.41) is 4.00. The minimum Gasteiger partial charge on any atom is -0.497 e. The minimum absolute atomic E-state index is 0.441. The number of benzene rings is 3. The lowest BCUT2D eigenvalue weighted by atomic mass is 10.1. The van der Waals surface area contributed by atoms with Crippen LogP contribution < -0.4 is 19.5 Å². The quantitative estimate of drug-likeness (QED) is 0.461. The molecule has 0 fully saturated rings. The van der Waals surface area contributed by atoms with Crippen LogP contribution in [0.25, 0.3) is 0 Å². The van der Waals surface area contributed by atoms with Gasteiger partial charge in [-0.2, -0.15) is 0 Å². The summed E-state index contributed by atoms with van der Waals surface area (Å²) >= 11 is 6.47. The van der Waals surface area contributed by atoms with Gasteiger partial charge in [0.1, 0.15) is 12.4 Å². The zero-order chi connectivity index (χ0) is 20.5. The number of hydrogen-bond donors (Lipinski definition) is 1. The third kappa shape index (κ3) is 6.14. The Kier molecular flexibility index (Phi) is 7.79. The fourth-order valence-electron chi connectivity index (χ4n) is 3.00. The molecule has 0 heterocycles. The first-order chi connectivity index (χ1) is 14.2. The summed E-state index contributed by atoms with van der Waals surface area (Å²) in [6.45, 7) is 2.00. The molecule has 4 nitrogen and oxygen atoms in total. The topological polar surface area (TPSA) is 39.7 Å². The smallest absolute Gasteiger partial charge is 0.180 e. The van der Waals surface area contributed by atoms with Crippen LogP contribution in [0.15, 0.2) is 66.7 Å². The van der Waals surface area contributed by atoms with Gasteiger partial charge >= 0.3 is 0 Å². The van der Waals surface area contributed by atoms with Crippen LogP contribution in [0.1, 0.15) is 16.7 Å². The van der Waals surface area contributed by atoms with Crippen molar-refractivity contribution in [3.63, 3.8) is 0 Å². The SMILES string of the molecule is COc1ccc(CCNCc2cc(Cl)c(OCc3ccccc3)c(OC)c2)cc1. The van der Waals surface area contributed by atoms with Gasteiger partial charge in [-0.1, -0.05) is 54.1 Å². The molecule has 0 atom stereocenters. The molecule has 0 aliphatic carbocycles. The molecule has 0 amide bonds. The van der Waals surface area contributed by atoms with Crippen LogP contribution in [0.2, 0.25) is 5.02 Å². The first-order valence-electron chi connectivity index (χ1n) is 9.56. The highest BCUT2D eigenvalue weighted by atomic mass is 35.5. The van der Waals surface area contributed by atoms with E-state index in [0.717, 1.165) is 29.8 Å². The Morgan fingerprint density at radius 1 is 0.828 bits per heavy atom. The van der Waals surface area contributed by atoms with Crippen molar-refractivity contribution in [2.75, 3.05) is 20.8 Å². The van der Waals surface area contributed by atoms with Crippen molar-refractivity contribution in [2.45, 2.75) is 19.6 Å². The Morgan fingerprint density at radius 3 is 2.28 bits per heavy atom. The monoisotopic (exact) mass is 411 g/mol. The van der Waals surface area contributed by atoms with Crippen molar-refractivity contribution in [3.8, 4) is 17.2 Å². The molecular weight excluding hydrogens is 386 g/mol. The van der Waals surface area contributed by atoms with Crippen LogP contribution in [-0.2, 0) is 19.6 Å². The van der Waals surface area contributed by atoms with E-state index in [4.69, 9.17) is 25.8 Å². The molecule has 0 aliphatic heterocycles. The van der Waals surface area contributed by atoms with Crippen LogP contribution >= 0.6 is 11.6 Å². The molecule has 0 saturated heterocycles. The highest BCUT2D eigenvalue weighted by molar-refractivity contribution is 6.32. The Balaban J connectivity index is 1.54. The zero-order valence-electron chi connectivity index (χ0n) is 16.8. The van der Waals surface area contributed by atoms with Gasteiger partial charge < -0.3 is 19.5 Å². The molecular formula is C24H26ClNO3. The molecule has 0 unspecified atom stereocenters. The molecule has 0 aromatic heterocycles. The molecule has 152 valence electrons. The highest BCUT2D eigenvalue weighted by Crippen LogP contribution is 2.37. The number of nitrogens with one attached hydrogen (secondary N) is 1. The van der Waals surface area contributed by atoms with Crippen LogP contribution in [0.3, 0.4) is 0 Å². The summed E-state index contributed by atoms with van der Waals surface area (Å²) in [6.07, 6.45) is 0.938. The predicted molar refractivity (Wildman–Crippen MR) is 117 cm³/mol. The minimum atomic E-state index is 0.441. The van der Waals surface area contributed by atoms with Crippen molar-refractivity contribution in [3.05, 3.63) is 88.4 Å². The lowest BCUT2D eigenvalue weighted by molar-refractivity contribution is 0.284. The number of hydrogen-bond acceptors (Lipinski definition) is 4. The fourth-order valence-corrected chi connectivity index (χ4v) is 3.29. The summed E-state index contributed by atoms with van der Waals surface area (Å²) in [7, 11) is 3.30. The number of rotatable bonds is 10. The van der Waals surface area contributed by atoms with E-state index in [1.54, 1.807) is 14.2 Å². The lowest BCUT2D eigenvalue weighted by Crippen LogP contribution is -2.16. The molecule has 0 radical (unpaired) electrons. The second-order valence-corrected chi connectivity index (χ2v) is 7.07. The van der Waals surface area contributed by atoms with Gasteiger partial charge in [-0.15, -0.1) is 0 Å². The maximum atomic E-state index is 6.47. The van der Waals surface area contributed by atoms with E-state index in [9.17, 15) is 0 Å². The van der Waals surface area contributed by atoms with E-state index >= 15 is 0 Å². The van der Waals surface area contributed by atoms with Gasteiger partial charge in [-0.25, -0.2) is 0 Å². The zero-order valence-corrected chi connectivity index (χ0v) is 17.5. The second kappa shape index (κ2) is 10.7. The van der Waals surface area contributed by atoms with Crippen molar-refractivity contribution < 1.29 is 14.2 Å². The van der Waals surface area contributed by atoms with Crippen LogP contribution in [0.5, 0.6) is 17.2 Å². The van der Waals surface area contributed by atoms with Crippen LogP contribution in [0.4, 0.5) is 0 Å². The third-order valence-corrected chi connectivity index (χ3v) is 4.87. The normalized spacial score (nSPS) is 10.6. The standard InChI is InChI=1S/C24H26ClNO3/c1-27-21-10-8-18(9-11-21)12-13-26-16-20-14-22(25)24(23(15-20)28-2)29-17-19-6-4-3-5-7-19/h3-11,14-15,26H,12-13,16-17H2,1-2H3. The van der Waals surface area contributed by atoms with Gasteiger partial charge in [0.2, 0.25) is 0 Å². The molecule has 29 heavy (non-hydrogen) atoms. The van der Waals surface area contributed by atoms with Gasteiger partial charge in [0.15, 0.2) is 11.5 Å².